The van der Waals surface area contributed by atoms with Crippen molar-refractivity contribution < 1.29 is 4.79 Å². The van der Waals surface area contributed by atoms with Gasteiger partial charge in [0.05, 0.1) is 6.04 Å². The van der Waals surface area contributed by atoms with Crippen molar-refractivity contribution in [3.05, 3.63) is 47.5 Å². The van der Waals surface area contributed by atoms with Crippen LogP contribution >= 0.6 is 0 Å². The fraction of sp³-hybridized carbons (Fsp3) is 0.357. The molecule has 2 nitrogen and oxygen atoms in total. The summed E-state index contributed by atoms with van der Waals surface area (Å²) in [6, 6.07) is 5.72. The Bertz CT molecular complexity index is 396. The minimum atomic E-state index is -0.419. The fourth-order valence-corrected chi connectivity index (χ4v) is 1.62. The number of nitrogens with two attached hydrogens (primary N) is 1. The van der Waals surface area contributed by atoms with Crippen molar-refractivity contribution in [2.24, 2.45) is 5.73 Å². The summed E-state index contributed by atoms with van der Waals surface area (Å²) in [6.45, 7) is 7.63. The molecule has 0 aliphatic carbocycles. The van der Waals surface area contributed by atoms with Gasteiger partial charge in [0.2, 0.25) is 0 Å². The van der Waals surface area contributed by atoms with Gasteiger partial charge in [-0.1, -0.05) is 29.8 Å². The number of ketones is 1. The molecule has 0 saturated heterocycles. The Kier molecular flexibility index (Phi) is 4.44. The molecule has 0 fully saturated rings. The lowest BCUT2D eigenvalue weighted by Gasteiger charge is -2.10. The zero-order chi connectivity index (χ0) is 12.1. The Balaban J connectivity index is 2.76. The van der Waals surface area contributed by atoms with E-state index in [0.717, 1.165) is 11.1 Å². The second kappa shape index (κ2) is 5.61. The van der Waals surface area contributed by atoms with Gasteiger partial charge in [0.25, 0.3) is 0 Å². The smallest absolute Gasteiger partial charge is 0.154 e. The summed E-state index contributed by atoms with van der Waals surface area (Å²) in [7, 11) is 0. The molecule has 0 aliphatic heterocycles. The average molecular weight is 217 g/mol. The second-order valence-electron chi connectivity index (χ2n) is 4.20. The highest BCUT2D eigenvalue weighted by Gasteiger charge is 2.13. The standard InChI is InChI=1S/C14H19NO/c1-4-5-13(15)14(16)9-12-8-10(2)6-7-11(12)3/h4,6-8,13H,1,5,9,15H2,2-3H3. The molecule has 1 atom stereocenters. The molecule has 1 aromatic rings. The van der Waals surface area contributed by atoms with E-state index in [1.54, 1.807) is 6.08 Å². The molecule has 1 unspecified atom stereocenters. The summed E-state index contributed by atoms with van der Waals surface area (Å²) in [5.74, 6) is 0.0774. The predicted octanol–water partition coefficient (Wildman–Crippen LogP) is 2.32. The zero-order valence-corrected chi connectivity index (χ0v) is 9.99. The van der Waals surface area contributed by atoms with Crippen molar-refractivity contribution in [3.8, 4) is 0 Å². The monoisotopic (exact) mass is 217 g/mol. The third-order valence-electron chi connectivity index (χ3n) is 2.70. The molecule has 0 amide bonds. The Morgan fingerprint density at radius 1 is 1.50 bits per heavy atom. The van der Waals surface area contributed by atoms with Crippen LogP contribution < -0.4 is 5.73 Å². The Hall–Kier alpha value is -1.41. The molecule has 1 rings (SSSR count). The Labute approximate surface area is 97.2 Å². The van der Waals surface area contributed by atoms with Gasteiger partial charge >= 0.3 is 0 Å². The van der Waals surface area contributed by atoms with Crippen LogP contribution in [-0.4, -0.2) is 11.8 Å². The number of aryl methyl sites for hydroxylation is 2. The lowest BCUT2D eigenvalue weighted by atomic mass is 9.97. The van der Waals surface area contributed by atoms with E-state index < -0.39 is 6.04 Å². The molecular weight excluding hydrogens is 198 g/mol. The van der Waals surface area contributed by atoms with Crippen LogP contribution in [0.3, 0.4) is 0 Å². The summed E-state index contributed by atoms with van der Waals surface area (Å²) < 4.78 is 0. The molecule has 0 aliphatic rings. The van der Waals surface area contributed by atoms with Crippen LogP contribution in [0.1, 0.15) is 23.1 Å². The van der Waals surface area contributed by atoms with Crippen molar-refractivity contribution in [2.75, 3.05) is 0 Å². The Morgan fingerprint density at radius 2 is 2.19 bits per heavy atom. The molecule has 0 heterocycles. The number of hydrogen-bond acceptors (Lipinski definition) is 2. The maximum Gasteiger partial charge on any atom is 0.154 e. The third-order valence-corrected chi connectivity index (χ3v) is 2.70. The molecule has 1 aromatic carbocycles. The van der Waals surface area contributed by atoms with Crippen LogP contribution in [0, 0.1) is 13.8 Å². The molecular formula is C14H19NO. The summed E-state index contributed by atoms with van der Waals surface area (Å²) in [5, 5.41) is 0. The topological polar surface area (TPSA) is 43.1 Å². The van der Waals surface area contributed by atoms with Crippen molar-refractivity contribution in [2.45, 2.75) is 32.7 Å². The van der Waals surface area contributed by atoms with Crippen LogP contribution in [0.5, 0.6) is 0 Å². The van der Waals surface area contributed by atoms with Gasteiger partial charge in [0.1, 0.15) is 0 Å². The van der Waals surface area contributed by atoms with E-state index in [1.807, 2.05) is 32.0 Å². The average Bonchev–Trinajstić information content (AvgIpc) is 2.23. The van der Waals surface area contributed by atoms with Crippen molar-refractivity contribution in [1.82, 2.24) is 0 Å². The minimum absolute atomic E-state index is 0.0774. The quantitative estimate of drug-likeness (QED) is 0.769. The molecule has 0 spiro atoms. The number of hydrogen-bond donors (Lipinski definition) is 1. The second-order valence-corrected chi connectivity index (χ2v) is 4.20. The number of rotatable bonds is 5. The first-order valence-corrected chi connectivity index (χ1v) is 5.50. The molecule has 0 aromatic heterocycles. The maximum absolute atomic E-state index is 11.8. The SMILES string of the molecule is C=CCC(N)C(=O)Cc1cc(C)ccc1C. The molecule has 86 valence electrons. The highest BCUT2D eigenvalue weighted by Crippen LogP contribution is 2.12. The van der Waals surface area contributed by atoms with E-state index in [-0.39, 0.29) is 5.78 Å². The molecule has 0 saturated carbocycles. The first kappa shape index (κ1) is 12.7. The molecule has 2 heteroatoms. The van der Waals surface area contributed by atoms with E-state index in [2.05, 4.69) is 6.58 Å². The first-order chi connectivity index (χ1) is 7.54. The van der Waals surface area contributed by atoms with Crippen molar-refractivity contribution in [1.29, 1.82) is 0 Å². The van der Waals surface area contributed by atoms with Crippen LogP contribution in [0.15, 0.2) is 30.9 Å². The van der Waals surface area contributed by atoms with Gasteiger partial charge in [-0.2, -0.15) is 0 Å². The molecule has 2 N–H and O–H groups in total. The lowest BCUT2D eigenvalue weighted by molar-refractivity contribution is -0.119. The number of carbonyl (C=O) groups excluding carboxylic acids is 1. The molecule has 16 heavy (non-hydrogen) atoms. The van der Waals surface area contributed by atoms with Crippen LogP contribution in [-0.2, 0) is 11.2 Å². The van der Waals surface area contributed by atoms with Gasteiger partial charge in [-0.05, 0) is 31.4 Å². The summed E-state index contributed by atoms with van der Waals surface area (Å²) >= 11 is 0. The fourth-order valence-electron chi connectivity index (χ4n) is 1.62. The summed E-state index contributed by atoms with van der Waals surface area (Å²) in [4.78, 5) is 11.8. The summed E-state index contributed by atoms with van der Waals surface area (Å²) in [6.07, 6.45) is 2.65. The highest BCUT2D eigenvalue weighted by atomic mass is 16.1. The molecule has 0 radical (unpaired) electrons. The number of benzene rings is 1. The normalized spacial score (nSPS) is 12.2. The van der Waals surface area contributed by atoms with Crippen LogP contribution in [0.2, 0.25) is 0 Å². The van der Waals surface area contributed by atoms with E-state index in [9.17, 15) is 4.79 Å². The van der Waals surface area contributed by atoms with Gasteiger partial charge in [0.15, 0.2) is 5.78 Å². The lowest BCUT2D eigenvalue weighted by Crippen LogP contribution is -2.31. The van der Waals surface area contributed by atoms with Gasteiger partial charge < -0.3 is 5.73 Å². The molecule has 0 bridgehead atoms. The highest BCUT2D eigenvalue weighted by molar-refractivity contribution is 5.86. The number of Topliss-reactive ketones (excluding diaryl/α,β-unsaturated/α-hetero) is 1. The van der Waals surface area contributed by atoms with E-state index in [0.29, 0.717) is 12.8 Å². The van der Waals surface area contributed by atoms with E-state index in [1.165, 1.54) is 5.56 Å². The Morgan fingerprint density at radius 3 is 2.81 bits per heavy atom. The summed E-state index contributed by atoms with van der Waals surface area (Å²) in [5.41, 5.74) is 9.13. The van der Waals surface area contributed by atoms with Gasteiger partial charge in [-0.25, -0.2) is 0 Å². The number of carbonyl (C=O) groups is 1. The first-order valence-electron chi connectivity index (χ1n) is 5.50. The van der Waals surface area contributed by atoms with Crippen molar-refractivity contribution >= 4 is 5.78 Å². The van der Waals surface area contributed by atoms with Crippen molar-refractivity contribution in [3.63, 3.8) is 0 Å². The van der Waals surface area contributed by atoms with E-state index in [4.69, 9.17) is 5.73 Å². The van der Waals surface area contributed by atoms with Gasteiger partial charge in [0, 0.05) is 6.42 Å². The van der Waals surface area contributed by atoms with E-state index >= 15 is 0 Å². The largest absolute Gasteiger partial charge is 0.321 e. The predicted molar refractivity (Wildman–Crippen MR) is 67.4 cm³/mol. The van der Waals surface area contributed by atoms with Crippen LogP contribution in [0.4, 0.5) is 0 Å². The van der Waals surface area contributed by atoms with Gasteiger partial charge in [-0.3, -0.25) is 4.79 Å². The minimum Gasteiger partial charge on any atom is -0.321 e. The van der Waals surface area contributed by atoms with Crippen LogP contribution in [0.25, 0.3) is 0 Å². The zero-order valence-electron chi connectivity index (χ0n) is 9.99. The maximum atomic E-state index is 11.8. The van der Waals surface area contributed by atoms with Gasteiger partial charge in [-0.15, -0.1) is 6.58 Å². The third kappa shape index (κ3) is 3.31.